The first-order valence-corrected chi connectivity index (χ1v) is 10.2. The Bertz CT molecular complexity index is 795. The summed E-state index contributed by atoms with van der Waals surface area (Å²) in [7, 11) is 0. The maximum Gasteiger partial charge on any atom is 0.149 e. The van der Waals surface area contributed by atoms with Crippen molar-refractivity contribution >= 4 is 17.7 Å². The molecule has 2 aromatic rings. The Morgan fingerprint density at radius 2 is 2.03 bits per heavy atom. The average molecular weight is 400 g/mol. The zero-order valence-electron chi connectivity index (χ0n) is 17.1. The van der Waals surface area contributed by atoms with Gasteiger partial charge in [-0.25, -0.2) is 4.39 Å². The van der Waals surface area contributed by atoms with Crippen molar-refractivity contribution in [1.82, 2.24) is 0 Å². The number of ether oxygens (including phenoxy) is 2. The number of carbonyl (C=O) groups is 1. The van der Waals surface area contributed by atoms with Crippen LogP contribution in [0.4, 0.5) is 15.8 Å². The van der Waals surface area contributed by atoms with Gasteiger partial charge in [-0.15, -0.1) is 0 Å². The third-order valence-corrected chi connectivity index (χ3v) is 4.80. The van der Waals surface area contributed by atoms with Crippen LogP contribution in [0.1, 0.15) is 25.8 Å². The van der Waals surface area contributed by atoms with Gasteiger partial charge in [0.1, 0.15) is 30.6 Å². The van der Waals surface area contributed by atoms with Crippen molar-refractivity contribution in [2.24, 2.45) is 0 Å². The number of halogens is 1. The summed E-state index contributed by atoms with van der Waals surface area (Å²) in [5.41, 5.74) is 3.08. The number of hydrogen-bond acceptors (Lipinski definition) is 5. The van der Waals surface area contributed by atoms with Crippen LogP contribution in [-0.4, -0.2) is 44.7 Å². The van der Waals surface area contributed by atoms with Gasteiger partial charge in [0.15, 0.2) is 0 Å². The summed E-state index contributed by atoms with van der Waals surface area (Å²) >= 11 is 0. The lowest BCUT2D eigenvalue weighted by Crippen LogP contribution is -2.34. The molecule has 0 aromatic heterocycles. The number of anilines is 2. The third kappa shape index (κ3) is 6.19. The van der Waals surface area contributed by atoms with E-state index in [0.717, 1.165) is 49.3 Å². The van der Waals surface area contributed by atoms with Crippen molar-refractivity contribution in [2.45, 2.75) is 38.9 Å². The molecule has 5 nitrogen and oxygen atoms in total. The zero-order valence-corrected chi connectivity index (χ0v) is 17.1. The van der Waals surface area contributed by atoms with Crippen LogP contribution in [0.3, 0.4) is 0 Å². The molecule has 156 valence electrons. The van der Waals surface area contributed by atoms with Crippen LogP contribution < -0.4 is 15.0 Å². The number of aldehydes is 1. The Hall–Kier alpha value is -2.60. The minimum absolute atomic E-state index is 0.0311. The van der Waals surface area contributed by atoms with Crippen LogP contribution in [-0.2, 0) is 16.0 Å². The Labute approximate surface area is 171 Å². The predicted octanol–water partition coefficient (Wildman–Crippen LogP) is 4.06. The number of nitrogens with zero attached hydrogens (tertiary/aromatic N) is 1. The summed E-state index contributed by atoms with van der Waals surface area (Å²) in [6, 6.07) is 12.8. The molecule has 6 heteroatoms. The monoisotopic (exact) mass is 400 g/mol. The first-order chi connectivity index (χ1) is 14.0. The number of nitrogens with one attached hydrogen (secondary N) is 1. The number of carbonyl (C=O) groups excluding carboxylic acids is 1. The topological polar surface area (TPSA) is 50.8 Å². The van der Waals surface area contributed by atoms with E-state index in [4.69, 9.17) is 9.47 Å². The first kappa shape index (κ1) is 21.1. The van der Waals surface area contributed by atoms with Crippen molar-refractivity contribution in [1.29, 1.82) is 0 Å². The van der Waals surface area contributed by atoms with Gasteiger partial charge in [0.25, 0.3) is 0 Å². The minimum Gasteiger partial charge on any atom is -0.489 e. The molecular formula is C23H29FN2O3. The molecule has 0 saturated carbocycles. The Morgan fingerprint density at radius 1 is 1.24 bits per heavy atom. The Balaban J connectivity index is 1.44. The largest absolute Gasteiger partial charge is 0.489 e. The van der Waals surface area contributed by atoms with Gasteiger partial charge in [-0.2, -0.15) is 0 Å². The zero-order chi connectivity index (χ0) is 20.6. The van der Waals surface area contributed by atoms with Crippen molar-refractivity contribution in [3.63, 3.8) is 0 Å². The summed E-state index contributed by atoms with van der Waals surface area (Å²) in [4.78, 5) is 13.4. The first-order valence-electron chi connectivity index (χ1n) is 10.2. The van der Waals surface area contributed by atoms with Crippen LogP contribution in [0.25, 0.3) is 0 Å². The SMILES string of the molecule is CC(C)OC(C=O)Cc1ccc(NCCCN2CCOc3cc(F)ccc32)cc1. The van der Waals surface area contributed by atoms with Gasteiger partial charge in [-0.3, -0.25) is 0 Å². The van der Waals surface area contributed by atoms with Crippen molar-refractivity contribution in [3.8, 4) is 5.75 Å². The van der Waals surface area contributed by atoms with E-state index in [-0.39, 0.29) is 11.9 Å². The Kier molecular flexibility index (Phi) is 7.47. The molecule has 0 fully saturated rings. The molecule has 1 atom stereocenters. The Morgan fingerprint density at radius 3 is 2.76 bits per heavy atom. The summed E-state index contributed by atoms with van der Waals surface area (Å²) in [6.07, 6.45) is 2.03. The van der Waals surface area contributed by atoms with Gasteiger partial charge in [0, 0.05) is 31.3 Å². The fraction of sp³-hybridized carbons (Fsp3) is 0.435. The molecule has 0 bridgehead atoms. The van der Waals surface area contributed by atoms with Crippen LogP contribution in [0.2, 0.25) is 0 Å². The van der Waals surface area contributed by atoms with E-state index in [1.54, 1.807) is 6.07 Å². The van der Waals surface area contributed by atoms with Gasteiger partial charge in [-0.1, -0.05) is 12.1 Å². The third-order valence-electron chi connectivity index (χ3n) is 4.80. The predicted molar refractivity (Wildman–Crippen MR) is 113 cm³/mol. The maximum absolute atomic E-state index is 13.4. The molecule has 0 spiro atoms. The highest BCUT2D eigenvalue weighted by Gasteiger charge is 2.18. The molecule has 0 saturated heterocycles. The summed E-state index contributed by atoms with van der Waals surface area (Å²) in [6.45, 7) is 6.95. The van der Waals surface area contributed by atoms with Gasteiger partial charge < -0.3 is 24.5 Å². The van der Waals surface area contributed by atoms with Crippen molar-refractivity contribution < 1.29 is 18.7 Å². The average Bonchev–Trinajstić information content (AvgIpc) is 2.71. The second kappa shape index (κ2) is 10.3. The van der Waals surface area contributed by atoms with Crippen LogP contribution >= 0.6 is 0 Å². The van der Waals surface area contributed by atoms with E-state index in [2.05, 4.69) is 10.2 Å². The normalized spacial score (nSPS) is 14.3. The maximum atomic E-state index is 13.4. The molecular weight excluding hydrogens is 371 g/mol. The van der Waals surface area contributed by atoms with Crippen LogP contribution in [0.15, 0.2) is 42.5 Å². The van der Waals surface area contributed by atoms with E-state index in [0.29, 0.717) is 18.8 Å². The second-order valence-corrected chi connectivity index (χ2v) is 7.49. The molecule has 1 aliphatic heterocycles. The van der Waals surface area contributed by atoms with E-state index in [1.165, 1.54) is 12.1 Å². The molecule has 2 aromatic carbocycles. The summed E-state index contributed by atoms with van der Waals surface area (Å²) in [5, 5.41) is 3.43. The van der Waals surface area contributed by atoms with Gasteiger partial charge in [-0.05, 0) is 50.1 Å². The number of rotatable bonds is 10. The molecule has 0 aliphatic carbocycles. The number of fused-ring (bicyclic) bond motifs is 1. The lowest BCUT2D eigenvalue weighted by atomic mass is 10.1. The minimum atomic E-state index is -0.404. The standard InChI is InChI=1S/C23H29FN2O3/c1-17(2)29-21(16-27)14-18-4-7-20(8-5-18)25-10-3-11-26-12-13-28-23-15-19(24)6-9-22(23)26/h4-9,15-17,21,25H,3,10-14H2,1-2H3. The summed E-state index contributed by atoms with van der Waals surface area (Å²) < 4.78 is 24.5. The second-order valence-electron chi connectivity index (χ2n) is 7.49. The van der Waals surface area contributed by atoms with Crippen LogP contribution in [0.5, 0.6) is 5.75 Å². The fourth-order valence-corrected chi connectivity index (χ4v) is 3.45. The molecule has 1 N–H and O–H groups in total. The number of hydrogen-bond donors (Lipinski definition) is 1. The van der Waals surface area contributed by atoms with Gasteiger partial charge in [0.2, 0.25) is 0 Å². The molecule has 0 amide bonds. The van der Waals surface area contributed by atoms with E-state index in [9.17, 15) is 9.18 Å². The molecule has 1 heterocycles. The number of benzene rings is 2. The lowest BCUT2D eigenvalue weighted by Gasteiger charge is -2.31. The molecule has 1 aliphatic rings. The highest BCUT2D eigenvalue weighted by molar-refractivity contribution is 5.60. The molecule has 0 radical (unpaired) electrons. The van der Waals surface area contributed by atoms with Gasteiger partial charge in [0.05, 0.1) is 18.3 Å². The lowest BCUT2D eigenvalue weighted by molar-refractivity contribution is -0.120. The highest BCUT2D eigenvalue weighted by atomic mass is 19.1. The van der Waals surface area contributed by atoms with Crippen molar-refractivity contribution in [3.05, 3.63) is 53.8 Å². The van der Waals surface area contributed by atoms with E-state index in [1.807, 2.05) is 38.1 Å². The molecule has 1 unspecified atom stereocenters. The molecule has 3 rings (SSSR count). The van der Waals surface area contributed by atoms with Crippen LogP contribution in [0, 0.1) is 5.82 Å². The quantitative estimate of drug-likeness (QED) is 0.481. The fourth-order valence-electron chi connectivity index (χ4n) is 3.45. The summed E-state index contributed by atoms with van der Waals surface area (Å²) in [5.74, 6) is 0.348. The molecule has 29 heavy (non-hydrogen) atoms. The smallest absolute Gasteiger partial charge is 0.149 e. The van der Waals surface area contributed by atoms with Gasteiger partial charge >= 0.3 is 0 Å². The highest BCUT2D eigenvalue weighted by Crippen LogP contribution is 2.32. The van der Waals surface area contributed by atoms with Crippen molar-refractivity contribution in [2.75, 3.05) is 36.5 Å². The van der Waals surface area contributed by atoms with E-state index >= 15 is 0 Å². The van der Waals surface area contributed by atoms with E-state index < -0.39 is 6.10 Å².